The Labute approximate surface area is 100 Å². The quantitative estimate of drug-likeness (QED) is 0.696. The molecule has 1 rings (SSSR count). The summed E-state index contributed by atoms with van der Waals surface area (Å²) >= 11 is 0. The molecule has 0 saturated heterocycles. The highest BCUT2D eigenvalue weighted by molar-refractivity contribution is 5.43. The van der Waals surface area contributed by atoms with Crippen LogP contribution < -0.4 is 0 Å². The van der Waals surface area contributed by atoms with E-state index in [0.29, 0.717) is 11.8 Å². The molecule has 0 N–H and O–H groups in total. The van der Waals surface area contributed by atoms with Gasteiger partial charge in [0, 0.05) is 0 Å². The SMILES string of the molecule is CC.CC(C)c1ccc(C(C)C)c(C#N)c1. The molecule has 0 saturated carbocycles. The van der Waals surface area contributed by atoms with E-state index in [1.54, 1.807) is 0 Å². The Morgan fingerprint density at radius 3 is 1.94 bits per heavy atom. The van der Waals surface area contributed by atoms with Crippen molar-refractivity contribution in [3.05, 3.63) is 34.9 Å². The predicted octanol–water partition coefficient (Wildman–Crippen LogP) is 4.83. The Hall–Kier alpha value is -1.29. The fraction of sp³-hybridized carbons (Fsp3) is 0.533. The van der Waals surface area contributed by atoms with E-state index in [1.807, 2.05) is 19.9 Å². The first-order chi connectivity index (χ1) is 7.56. The Morgan fingerprint density at radius 2 is 1.56 bits per heavy atom. The molecule has 0 atom stereocenters. The van der Waals surface area contributed by atoms with Crippen molar-refractivity contribution >= 4 is 0 Å². The van der Waals surface area contributed by atoms with Crippen LogP contribution in [-0.2, 0) is 0 Å². The smallest absolute Gasteiger partial charge is 0.0994 e. The van der Waals surface area contributed by atoms with Gasteiger partial charge in [-0.3, -0.25) is 0 Å². The van der Waals surface area contributed by atoms with Gasteiger partial charge in [-0.05, 0) is 29.0 Å². The van der Waals surface area contributed by atoms with E-state index in [4.69, 9.17) is 5.26 Å². The fourth-order valence-corrected chi connectivity index (χ4v) is 1.53. The van der Waals surface area contributed by atoms with Crippen LogP contribution in [-0.4, -0.2) is 0 Å². The summed E-state index contributed by atoms with van der Waals surface area (Å²) in [7, 11) is 0. The van der Waals surface area contributed by atoms with Gasteiger partial charge in [-0.25, -0.2) is 0 Å². The minimum Gasteiger partial charge on any atom is -0.192 e. The summed E-state index contributed by atoms with van der Waals surface area (Å²) in [4.78, 5) is 0. The molecule has 1 aromatic carbocycles. The highest BCUT2D eigenvalue weighted by atomic mass is 14.3. The lowest BCUT2D eigenvalue weighted by Gasteiger charge is -2.11. The molecule has 1 nitrogen and oxygen atoms in total. The summed E-state index contributed by atoms with van der Waals surface area (Å²) in [5.41, 5.74) is 3.22. The standard InChI is InChI=1S/C13H17N.C2H6/c1-9(2)11-5-6-13(10(3)4)12(7-11)8-14;1-2/h5-7,9-10H,1-4H3;1-2H3. The van der Waals surface area contributed by atoms with E-state index in [1.165, 1.54) is 5.56 Å². The van der Waals surface area contributed by atoms with Crippen molar-refractivity contribution in [1.82, 2.24) is 0 Å². The van der Waals surface area contributed by atoms with E-state index in [9.17, 15) is 0 Å². The maximum absolute atomic E-state index is 9.02. The van der Waals surface area contributed by atoms with Crippen molar-refractivity contribution < 1.29 is 0 Å². The van der Waals surface area contributed by atoms with E-state index >= 15 is 0 Å². The zero-order valence-corrected chi connectivity index (χ0v) is 11.3. The Bertz CT molecular complexity index is 356. The zero-order valence-electron chi connectivity index (χ0n) is 11.3. The molecule has 1 heteroatoms. The van der Waals surface area contributed by atoms with Gasteiger partial charge in [0.25, 0.3) is 0 Å². The molecule has 0 spiro atoms. The van der Waals surface area contributed by atoms with Crippen LogP contribution in [0.2, 0.25) is 0 Å². The molecule has 0 unspecified atom stereocenters. The number of hydrogen-bond acceptors (Lipinski definition) is 1. The lowest BCUT2D eigenvalue weighted by atomic mass is 9.93. The molecule has 0 aromatic heterocycles. The van der Waals surface area contributed by atoms with Crippen molar-refractivity contribution in [2.24, 2.45) is 0 Å². The molecular formula is C15H23N. The molecule has 0 amide bonds. The summed E-state index contributed by atoms with van der Waals surface area (Å²) in [6.45, 7) is 12.5. The molecular weight excluding hydrogens is 194 g/mol. The normalized spacial score (nSPS) is 9.69. The van der Waals surface area contributed by atoms with Gasteiger partial charge in [0.1, 0.15) is 0 Å². The van der Waals surface area contributed by atoms with Gasteiger partial charge in [-0.15, -0.1) is 0 Å². The van der Waals surface area contributed by atoms with Gasteiger partial charge in [0.2, 0.25) is 0 Å². The first-order valence-electron chi connectivity index (χ1n) is 6.10. The van der Waals surface area contributed by atoms with Gasteiger partial charge in [0.05, 0.1) is 11.6 Å². The second-order valence-electron chi connectivity index (χ2n) is 4.27. The molecule has 0 bridgehead atoms. The van der Waals surface area contributed by atoms with Crippen LogP contribution in [0.3, 0.4) is 0 Å². The average Bonchev–Trinajstić information content (AvgIpc) is 2.30. The maximum atomic E-state index is 9.02. The molecule has 1 aromatic rings. The fourth-order valence-electron chi connectivity index (χ4n) is 1.53. The highest BCUT2D eigenvalue weighted by Crippen LogP contribution is 2.23. The summed E-state index contributed by atoms with van der Waals surface area (Å²) in [5, 5.41) is 9.02. The molecule has 0 aliphatic carbocycles. The number of nitrogens with zero attached hydrogens (tertiary/aromatic N) is 1. The Kier molecular flexibility index (Phi) is 6.49. The van der Waals surface area contributed by atoms with Crippen molar-refractivity contribution in [3.63, 3.8) is 0 Å². The van der Waals surface area contributed by atoms with Crippen molar-refractivity contribution in [2.75, 3.05) is 0 Å². The summed E-state index contributed by atoms with van der Waals surface area (Å²) in [6.07, 6.45) is 0. The van der Waals surface area contributed by atoms with Crippen LogP contribution in [0.15, 0.2) is 18.2 Å². The van der Waals surface area contributed by atoms with E-state index < -0.39 is 0 Å². The monoisotopic (exact) mass is 217 g/mol. The molecule has 0 radical (unpaired) electrons. The summed E-state index contributed by atoms with van der Waals surface area (Å²) in [5.74, 6) is 0.911. The minimum atomic E-state index is 0.422. The Balaban J connectivity index is 0.00000106. The first-order valence-corrected chi connectivity index (χ1v) is 6.10. The number of benzene rings is 1. The third-order valence-electron chi connectivity index (χ3n) is 2.49. The van der Waals surface area contributed by atoms with Crippen LogP contribution >= 0.6 is 0 Å². The van der Waals surface area contributed by atoms with Crippen LogP contribution in [0.4, 0.5) is 0 Å². The molecule has 0 heterocycles. The van der Waals surface area contributed by atoms with Gasteiger partial charge in [-0.2, -0.15) is 5.26 Å². The second kappa shape index (κ2) is 7.06. The third-order valence-corrected chi connectivity index (χ3v) is 2.49. The van der Waals surface area contributed by atoms with E-state index in [-0.39, 0.29) is 0 Å². The molecule has 88 valence electrons. The van der Waals surface area contributed by atoms with Crippen molar-refractivity contribution in [1.29, 1.82) is 5.26 Å². The Morgan fingerprint density at radius 1 is 1.00 bits per heavy atom. The third kappa shape index (κ3) is 3.70. The van der Waals surface area contributed by atoms with Crippen LogP contribution in [0.1, 0.15) is 70.1 Å². The van der Waals surface area contributed by atoms with E-state index in [2.05, 4.69) is 45.9 Å². The van der Waals surface area contributed by atoms with Crippen LogP contribution in [0, 0.1) is 11.3 Å². The summed E-state index contributed by atoms with van der Waals surface area (Å²) < 4.78 is 0. The van der Waals surface area contributed by atoms with Gasteiger partial charge in [0.15, 0.2) is 0 Å². The van der Waals surface area contributed by atoms with Crippen LogP contribution in [0.25, 0.3) is 0 Å². The summed E-state index contributed by atoms with van der Waals surface area (Å²) in [6, 6.07) is 8.49. The molecule has 0 fully saturated rings. The lowest BCUT2D eigenvalue weighted by Crippen LogP contribution is -1.96. The average molecular weight is 217 g/mol. The molecule has 16 heavy (non-hydrogen) atoms. The topological polar surface area (TPSA) is 23.8 Å². The zero-order chi connectivity index (χ0) is 12.7. The number of nitriles is 1. The maximum Gasteiger partial charge on any atom is 0.0994 e. The second-order valence-corrected chi connectivity index (χ2v) is 4.27. The largest absolute Gasteiger partial charge is 0.192 e. The van der Waals surface area contributed by atoms with E-state index in [0.717, 1.165) is 11.1 Å². The van der Waals surface area contributed by atoms with Gasteiger partial charge < -0.3 is 0 Å². The molecule has 0 aliphatic rings. The highest BCUT2D eigenvalue weighted by Gasteiger charge is 2.08. The molecule has 0 aliphatic heterocycles. The van der Waals surface area contributed by atoms with Crippen molar-refractivity contribution in [2.45, 2.75) is 53.4 Å². The van der Waals surface area contributed by atoms with Gasteiger partial charge >= 0.3 is 0 Å². The first kappa shape index (κ1) is 14.7. The lowest BCUT2D eigenvalue weighted by molar-refractivity contribution is 0.841. The van der Waals surface area contributed by atoms with Gasteiger partial charge in [-0.1, -0.05) is 53.7 Å². The minimum absolute atomic E-state index is 0.422. The predicted molar refractivity (Wildman–Crippen MR) is 70.7 cm³/mol. The van der Waals surface area contributed by atoms with Crippen LogP contribution in [0.5, 0.6) is 0 Å². The number of hydrogen-bond donors (Lipinski definition) is 0. The van der Waals surface area contributed by atoms with Crippen molar-refractivity contribution in [3.8, 4) is 6.07 Å². The number of rotatable bonds is 2.